The predicted octanol–water partition coefficient (Wildman–Crippen LogP) is 0.492. The van der Waals surface area contributed by atoms with Gasteiger partial charge in [0.15, 0.2) is 0 Å². The quantitative estimate of drug-likeness (QED) is 0.753. The number of rotatable bonds is 6. The Bertz CT molecular complexity index is 230. The molecule has 0 aromatic heterocycles. The second kappa shape index (κ2) is 7.95. The van der Waals surface area contributed by atoms with Crippen molar-refractivity contribution >= 4 is 17.7 Å². The molecule has 1 amide bonds. The van der Waals surface area contributed by atoms with Crippen LogP contribution in [-0.2, 0) is 4.79 Å². The Labute approximate surface area is 109 Å². The number of nitrogens with zero attached hydrogens (tertiary/aromatic N) is 2. The van der Waals surface area contributed by atoms with Crippen LogP contribution in [0.25, 0.3) is 0 Å². The first kappa shape index (κ1) is 14.8. The highest BCUT2D eigenvalue weighted by Crippen LogP contribution is 2.02. The standard InChI is InChI=1S/C12H25N3OS/c1-4-17-10-11(2)13-9-12(16)15-7-5-14(3)6-8-15/h11,13H,4-10H2,1-3H3. The van der Waals surface area contributed by atoms with Gasteiger partial charge in [-0.3, -0.25) is 4.79 Å². The number of hydrogen-bond donors (Lipinski definition) is 1. The lowest BCUT2D eigenvalue weighted by molar-refractivity contribution is -0.131. The van der Waals surface area contributed by atoms with Crippen LogP contribution in [0.5, 0.6) is 0 Å². The van der Waals surface area contributed by atoms with Gasteiger partial charge in [-0.1, -0.05) is 6.92 Å². The van der Waals surface area contributed by atoms with Crippen LogP contribution >= 0.6 is 11.8 Å². The van der Waals surface area contributed by atoms with Gasteiger partial charge in [0, 0.05) is 38.0 Å². The van der Waals surface area contributed by atoms with E-state index in [-0.39, 0.29) is 5.91 Å². The molecule has 1 unspecified atom stereocenters. The maximum absolute atomic E-state index is 11.9. The third kappa shape index (κ3) is 5.75. The molecule has 1 fully saturated rings. The Morgan fingerprint density at radius 1 is 1.35 bits per heavy atom. The van der Waals surface area contributed by atoms with E-state index < -0.39 is 0 Å². The topological polar surface area (TPSA) is 35.6 Å². The number of carbonyl (C=O) groups is 1. The summed E-state index contributed by atoms with van der Waals surface area (Å²) >= 11 is 1.91. The summed E-state index contributed by atoms with van der Waals surface area (Å²) in [6.07, 6.45) is 0. The highest BCUT2D eigenvalue weighted by molar-refractivity contribution is 7.99. The summed E-state index contributed by atoms with van der Waals surface area (Å²) in [6.45, 7) is 8.51. The van der Waals surface area contributed by atoms with Crippen molar-refractivity contribution < 1.29 is 4.79 Å². The fraction of sp³-hybridized carbons (Fsp3) is 0.917. The number of hydrogen-bond acceptors (Lipinski definition) is 4. The monoisotopic (exact) mass is 259 g/mol. The molecule has 0 aliphatic carbocycles. The van der Waals surface area contributed by atoms with Gasteiger partial charge in [0.25, 0.3) is 0 Å². The minimum absolute atomic E-state index is 0.242. The van der Waals surface area contributed by atoms with Gasteiger partial charge in [-0.25, -0.2) is 0 Å². The molecule has 0 aromatic carbocycles. The summed E-state index contributed by atoms with van der Waals surface area (Å²) in [7, 11) is 2.10. The first-order valence-corrected chi connectivity index (χ1v) is 7.56. The van der Waals surface area contributed by atoms with Gasteiger partial charge in [0.05, 0.1) is 6.54 Å². The third-order valence-corrected chi connectivity index (χ3v) is 4.17. The van der Waals surface area contributed by atoms with Gasteiger partial charge in [0.1, 0.15) is 0 Å². The molecule has 5 heteroatoms. The molecule has 1 atom stereocenters. The molecule has 100 valence electrons. The zero-order chi connectivity index (χ0) is 12.7. The highest BCUT2D eigenvalue weighted by Gasteiger charge is 2.18. The fourth-order valence-corrected chi connectivity index (χ4v) is 2.49. The highest BCUT2D eigenvalue weighted by atomic mass is 32.2. The van der Waals surface area contributed by atoms with Crippen molar-refractivity contribution in [2.75, 3.05) is 51.3 Å². The van der Waals surface area contributed by atoms with Crippen molar-refractivity contribution in [1.82, 2.24) is 15.1 Å². The summed E-state index contributed by atoms with van der Waals surface area (Å²) in [4.78, 5) is 16.1. The first-order chi connectivity index (χ1) is 8.13. The lowest BCUT2D eigenvalue weighted by atomic mass is 10.3. The van der Waals surface area contributed by atoms with E-state index in [1.807, 2.05) is 16.7 Å². The van der Waals surface area contributed by atoms with Crippen molar-refractivity contribution in [3.05, 3.63) is 0 Å². The molecule has 1 aliphatic rings. The lowest BCUT2D eigenvalue weighted by Crippen LogP contribution is -2.50. The number of amides is 1. The van der Waals surface area contributed by atoms with Gasteiger partial charge >= 0.3 is 0 Å². The van der Waals surface area contributed by atoms with Gasteiger partial charge in [-0.15, -0.1) is 0 Å². The number of nitrogens with one attached hydrogen (secondary N) is 1. The molecule has 17 heavy (non-hydrogen) atoms. The molecule has 1 rings (SSSR count). The number of piperazine rings is 1. The summed E-state index contributed by atoms with van der Waals surface area (Å²) in [5.41, 5.74) is 0. The van der Waals surface area contributed by atoms with Crippen LogP contribution in [0.4, 0.5) is 0 Å². The maximum atomic E-state index is 11.9. The van der Waals surface area contributed by atoms with Crippen molar-refractivity contribution in [1.29, 1.82) is 0 Å². The number of carbonyl (C=O) groups excluding carboxylic acids is 1. The van der Waals surface area contributed by atoms with Crippen molar-refractivity contribution in [2.24, 2.45) is 0 Å². The second-order valence-electron chi connectivity index (χ2n) is 4.63. The van der Waals surface area contributed by atoms with Crippen LogP contribution in [0.15, 0.2) is 0 Å². The van der Waals surface area contributed by atoms with E-state index in [1.165, 1.54) is 0 Å². The van der Waals surface area contributed by atoms with E-state index in [1.54, 1.807) is 0 Å². The SMILES string of the molecule is CCSCC(C)NCC(=O)N1CCN(C)CC1. The van der Waals surface area contributed by atoms with Crippen LogP contribution in [0, 0.1) is 0 Å². The predicted molar refractivity (Wildman–Crippen MR) is 74.5 cm³/mol. The third-order valence-electron chi connectivity index (χ3n) is 3.03. The average Bonchev–Trinajstić information content (AvgIpc) is 2.34. The van der Waals surface area contributed by atoms with Gasteiger partial charge in [0.2, 0.25) is 5.91 Å². The lowest BCUT2D eigenvalue weighted by Gasteiger charge is -2.32. The molecule has 0 saturated carbocycles. The van der Waals surface area contributed by atoms with Crippen LogP contribution < -0.4 is 5.32 Å². The Morgan fingerprint density at radius 3 is 2.59 bits per heavy atom. The normalized spacial score (nSPS) is 19.4. The van der Waals surface area contributed by atoms with Gasteiger partial charge < -0.3 is 15.1 Å². The molecule has 4 nitrogen and oxygen atoms in total. The van der Waals surface area contributed by atoms with E-state index in [2.05, 4.69) is 31.1 Å². The minimum atomic E-state index is 0.242. The summed E-state index contributed by atoms with van der Waals surface area (Å²) in [5.74, 6) is 2.46. The first-order valence-electron chi connectivity index (χ1n) is 6.41. The number of thioether (sulfide) groups is 1. The molecule has 1 saturated heterocycles. The van der Waals surface area contributed by atoms with E-state index in [9.17, 15) is 4.79 Å². The van der Waals surface area contributed by atoms with Crippen LogP contribution in [0.3, 0.4) is 0 Å². The van der Waals surface area contributed by atoms with Crippen LogP contribution in [-0.4, -0.2) is 73.0 Å². The van der Waals surface area contributed by atoms with Gasteiger partial charge in [-0.2, -0.15) is 11.8 Å². The smallest absolute Gasteiger partial charge is 0.236 e. The molecule has 1 N–H and O–H groups in total. The minimum Gasteiger partial charge on any atom is -0.339 e. The van der Waals surface area contributed by atoms with E-state index >= 15 is 0 Å². The van der Waals surface area contributed by atoms with E-state index in [0.29, 0.717) is 12.6 Å². The molecule has 0 aromatic rings. The van der Waals surface area contributed by atoms with Crippen LogP contribution in [0.1, 0.15) is 13.8 Å². The molecule has 0 bridgehead atoms. The van der Waals surface area contributed by atoms with E-state index in [4.69, 9.17) is 0 Å². The van der Waals surface area contributed by atoms with E-state index in [0.717, 1.165) is 37.7 Å². The summed E-state index contributed by atoms with van der Waals surface area (Å²) < 4.78 is 0. The molecular formula is C12H25N3OS. The average molecular weight is 259 g/mol. The number of likely N-dealkylation sites (N-methyl/N-ethyl adjacent to an activating group) is 1. The fourth-order valence-electron chi connectivity index (χ4n) is 1.78. The Kier molecular flexibility index (Phi) is 6.92. The van der Waals surface area contributed by atoms with Gasteiger partial charge in [-0.05, 0) is 19.7 Å². The molecule has 1 heterocycles. The largest absolute Gasteiger partial charge is 0.339 e. The van der Waals surface area contributed by atoms with Crippen molar-refractivity contribution in [3.63, 3.8) is 0 Å². The van der Waals surface area contributed by atoms with Crippen molar-refractivity contribution in [3.8, 4) is 0 Å². The molecule has 1 aliphatic heterocycles. The second-order valence-corrected chi connectivity index (χ2v) is 5.94. The summed E-state index contributed by atoms with van der Waals surface area (Å²) in [5, 5.41) is 3.30. The van der Waals surface area contributed by atoms with Crippen LogP contribution in [0.2, 0.25) is 0 Å². The maximum Gasteiger partial charge on any atom is 0.236 e. The molecule has 0 spiro atoms. The molecule has 0 radical (unpaired) electrons. The van der Waals surface area contributed by atoms with Crippen molar-refractivity contribution in [2.45, 2.75) is 19.9 Å². The zero-order valence-corrected chi connectivity index (χ0v) is 12.1. The zero-order valence-electron chi connectivity index (χ0n) is 11.2. The Balaban J connectivity index is 2.16. The Hall–Kier alpha value is -0.260. The Morgan fingerprint density at radius 2 is 2.00 bits per heavy atom. The summed E-state index contributed by atoms with van der Waals surface area (Å²) in [6, 6.07) is 0.413. The molecular weight excluding hydrogens is 234 g/mol.